The van der Waals surface area contributed by atoms with Gasteiger partial charge >= 0.3 is 0 Å². The van der Waals surface area contributed by atoms with E-state index < -0.39 is 0 Å². The first-order valence-electron chi connectivity index (χ1n) is 5.72. The van der Waals surface area contributed by atoms with E-state index in [1.54, 1.807) is 0 Å². The predicted octanol–water partition coefficient (Wildman–Crippen LogP) is 3.13. The number of rotatable bonds is 5. The van der Waals surface area contributed by atoms with Gasteiger partial charge in [0.05, 0.1) is 22.3 Å². The van der Waals surface area contributed by atoms with E-state index in [-0.39, 0.29) is 27.9 Å². The Morgan fingerprint density at radius 3 is 2.21 bits per heavy atom. The number of benzene rings is 1. The van der Waals surface area contributed by atoms with Crippen molar-refractivity contribution < 1.29 is 9.59 Å². The number of ketones is 1. The lowest BCUT2D eigenvalue weighted by molar-refractivity contribution is -0.105. The Labute approximate surface area is 122 Å². The number of Topliss-reactive ketones (excluding diaryl/α,β-unsaturated/α-hetero) is 1. The molecular formula is C13H16Cl2N2O2. The normalized spacial score (nSPS) is 11.2. The third-order valence-electron chi connectivity index (χ3n) is 2.35. The minimum absolute atomic E-state index is 0.114. The van der Waals surface area contributed by atoms with Crippen LogP contribution in [0.2, 0.25) is 10.0 Å². The molecular weight excluding hydrogens is 287 g/mol. The van der Waals surface area contributed by atoms with Crippen molar-refractivity contribution in [2.75, 3.05) is 11.9 Å². The number of anilines is 1. The summed E-state index contributed by atoms with van der Waals surface area (Å²) in [6.45, 7) is 6.10. The van der Waals surface area contributed by atoms with Gasteiger partial charge in [0, 0.05) is 11.1 Å². The minimum Gasteiger partial charge on any atom is -0.326 e. The van der Waals surface area contributed by atoms with Crippen LogP contribution in [0.3, 0.4) is 0 Å². The highest BCUT2D eigenvalue weighted by Crippen LogP contribution is 2.31. The van der Waals surface area contributed by atoms with Gasteiger partial charge in [-0.1, -0.05) is 23.2 Å². The minimum atomic E-state index is -0.151. The molecule has 1 aromatic rings. The number of carbonyl (C=O) groups is 2. The Balaban J connectivity index is 2.90. The second-order valence-corrected chi connectivity index (χ2v) is 5.92. The molecule has 0 bridgehead atoms. The van der Waals surface area contributed by atoms with Crippen LogP contribution in [-0.4, -0.2) is 24.3 Å². The maximum Gasteiger partial charge on any atom is 0.211 e. The first-order chi connectivity index (χ1) is 8.74. The van der Waals surface area contributed by atoms with Gasteiger partial charge in [-0.25, -0.2) is 0 Å². The highest BCUT2D eigenvalue weighted by Gasteiger charge is 2.15. The van der Waals surface area contributed by atoms with E-state index in [2.05, 4.69) is 10.6 Å². The molecule has 1 rings (SSSR count). The van der Waals surface area contributed by atoms with Crippen LogP contribution in [0.1, 0.15) is 31.1 Å². The maximum absolute atomic E-state index is 12.0. The van der Waals surface area contributed by atoms with E-state index in [0.29, 0.717) is 17.7 Å². The van der Waals surface area contributed by atoms with Crippen molar-refractivity contribution in [1.82, 2.24) is 5.32 Å². The van der Waals surface area contributed by atoms with Crippen LogP contribution < -0.4 is 10.6 Å². The Bertz CT molecular complexity index is 473. The first-order valence-corrected chi connectivity index (χ1v) is 6.47. The molecule has 1 aromatic carbocycles. The van der Waals surface area contributed by atoms with Gasteiger partial charge in [0.2, 0.25) is 6.41 Å². The Hall–Kier alpha value is -1.10. The Morgan fingerprint density at radius 2 is 1.79 bits per heavy atom. The first kappa shape index (κ1) is 16.0. The van der Waals surface area contributed by atoms with Gasteiger partial charge in [-0.05, 0) is 32.9 Å². The fourth-order valence-electron chi connectivity index (χ4n) is 1.38. The highest BCUT2D eigenvalue weighted by molar-refractivity contribution is 6.40. The number of halogens is 2. The van der Waals surface area contributed by atoms with Gasteiger partial charge in [0.1, 0.15) is 0 Å². The van der Waals surface area contributed by atoms with Crippen LogP contribution in [0.4, 0.5) is 5.69 Å². The van der Waals surface area contributed by atoms with Crippen molar-refractivity contribution in [3.05, 3.63) is 27.7 Å². The van der Waals surface area contributed by atoms with Crippen LogP contribution in [0.25, 0.3) is 0 Å². The molecule has 0 radical (unpaired) electrons. The average Bonchev–Trinajstić information content (AvgIpc) is 2.29. The molecule has 0 spiro atoms. The van der Waals surface area contributed by atoms with Gasteiger partial charge in [0.25, 0.3) is 0 Å². The topological polar surface area (TPSA) is 58.2 Å². The van der Waals surface area contributed by atoms with Crippen LogP contribution >= 0.6 is 23.2 Å². The second kappa shape index (κ2) is 6.37. The van der Waals surface area contributed by atoms with Crippen LogP contribution in [0.5, 0.6) is 0 Å². The number of amides is 1. The third kappa shape index (κ3) is 4.82. The third-order valence-corrected chi connectivity index (χ3v) is 2.94. The van der Waals surface area contributed by atoms with E-state index in [1.165, 1.54) is 12.1 Å². The summed E-state index contributed by atoms with van der Waals surface area (Å²) in [7, 11) is 0. The number of hydrogen-bond donors (Lipinski definition) is 2. The molecule has 19 heavy (non-hydrogen) atoms. The van der Waals surface area contributed by atoms with Gasteiger partial charge in [-0.15, -0.1) is 0 Å². The largest absolute Gasteiger partial charge is 0.326 e. The molecule has 0 saturated heterocycles. The number of hydrogen-bond acceptors (Lipinski definition) is 3. The maximum atomic E-state index is 12.0. The van der Waals surface area contributed by atoms with Crippen molar-refractivity contribution in [3.8, 4) is 0 Å². The molecule has 0 unspecified atom stereocenters. The molecule has 0 fully saturated rings. The molecule has 1 amide bonds. The molecule has 0 aliphatic heterocycles. The SMILES string of the molecule is CC(C)(C)NCC(=O)c1cc(Cl)c(NC=O)c(Cl)c1. The summed E-state index contributed by atoms with van der Waals surface area (Å²) in [5, 5.41) is 5.96. The zero-order valence-electron chi connectivity index (χ0n) is 11.0. The van der Waals surface area contributed by atoms with Crippen molar-refractivity contribution in [2.24, 2.45) is 0 Å². The summed E-state index contributed by atoms with van der Waals surface area (Å²) in [5.41, 5.74) is 0.560. The lowest BCUT2D eigenvalue weighted by Gasteiger charge is -2.20. The van der Waals surface area contributed by atoms with E-state index >= 15 is 0 Å². The molecule has 6 heteroatoms. The molecule has 4 nitrogen and oxygen atoms in total. The molecule has 0 atom stereocenters. The quantitative estimate of drug-likeness (QED) is 0.649. The zero-order valence-corrected chi connectivity index (χ0v) is 12.5. The molecule has 0 aromatic heterocycles. The molecule has 0 heterocycles. The average molecular weight is 303 g/mol. The van der Waals surface area contributed by atoms with Crippen LogP contribution in [0.15, 0.2) is 12.1 Å². The van der Waals surface area contributed by atoms with E-state index in [4.69, 9.17) is 23.2 Å². The standard InChI is InChI=1S/C13H16Cl2N2O2/c1-13(2,3)17-6-11(19)8-4-9(14)12(16-7-18)10(15)5-8/h4-5,7,17H,6H2,1-3H3,(H,16,18). The summed E-state index contributed by atoms with van der Waals surface area (Å²) in [4.78, 5) is 22.4. The number of nitrogens with one attached hydrogen (secondary N) is 2. The summed E-state index contributed by atoms with van der Waals surface area (Å²) in [6, 6.07) is 2.98. The van der Waals surface area contributed by atoms with Gasteiger partial charge < -0.3 is 10.6 Å². The van der Waals surface area contributed by atoms with Gasteiger partial charge in [-0.3, -0.25) is 9.59 Å². The van der Waals surface area contributed by atoms with Crippen molar-refractivity contribution in [1.29, 1.82) is 0 Å². The molecule has 2 N–H and O–H groups in total. The fraction of sp³-hybridized carbons (Fsp3) is 0.385. The Kier molecular flexibility index (Phi) is 5.35. The van der Waals surface area contributed by atoms with E-state index in [1.807, 2.05) is 20.8 Å². The zero-order chi connectivity index (χ0) is 14.6. The monoisotopic (exact) mass is 302 g/mol. The molecule has 0 saturated carbocycles. The lowest BCUT2D eigenvalue weighted by atomic mass is 10.1. The van der Waals surface area contributed by atoms with Crippen LogP contribution in [-0.2, 0) is 4.79 Å². The van der Waals surface area contributed by atoms with Crippen molar-refractivity contribution in [2.45, 2.75) is 26.3 Å². The predicted molar refractivity (Wildman–Crippen MR) is 78.2 cm³/mol. The summed E-state index contributed by atoms with van der Waals surface area (Å²) in [6.07, 6.45) is 0.482. The summed E-state index contributed by atoms with van der Waals surface area (Å²) < 4.78 is 0. The van der Waals surface area contributed by atoms with E-state index in [0.717, 1.165) is 0 Å². The smallest absolute Gasteiger partial charge is 0.211 e. The molecule has 0 aliphatic rings. The fourth-order valence-corrected chi connectivity index (χ4v) is 1.97. The lowest BCUT2D eigenvalue weighted by Crippen LogP contribution is -2.39. The Morgan fingerprint density at radius 1 is 1.26 bits per heavy atom. The second-order valence-electron chi connectivity index (χ2n) is 5.10. The highest BCUT2D eigenvalue weighted by atomic mass is 35.5. The van der Waals surface area contributed by atoms with Crippen molar-refractivity contribution in [3.63, 3.8) is 0 Å². The summed E-state index contributed by atoms with van der Waals surface area (Å²) >= 11 is 11.9. The molecule has 104 valence electrons. The van der Waals surface area contributed by atoms with E-state index in [9.17, 15) is 9.59 Å². The number of carbonyl (C=O) groups excluding carboxylic acids is 2. The van der Waals surface area contributed by atoms with Gasteiger partial charge in [0.15, 0.2) is 5.78 Å². The van der Waals surface area contributed by atoms with Crippen LogP contribution in [0, 0.1) is 0 Å². The van der Waals surface area contributed by atoms with Gasteiger partial charge in [-0.2, -0.15) is 0 Å². The van der Waals surface area contributed by atoms with Crippen molar-refractivity contribution >= 4 is 41.1 Å². The molecule has 0 aliphatic carbocycles. The summed E-state index contributed by atoms with van der Waals surface area (Å²) in [5.74, 6) is -0.114.